The predicted octanol–water partition coefficient (Wildman–Crippen LogP) is 1.71. The number of H-pyrrole nitrogens is 1. The number of nitrogens with zero attached hydrogens (tertiary/aromatic N) is 2. The van der Waals surface area contributed by atoms with Crippen molar-refractivity contribution >= 4 is 17.1 Å². The second kappa shape index (κ2) is 5.25. The maximum absolute atomic E-state index is 11.0. The Bertz CT molecular complexity index is 669. The minimum atomic E-state index is -0.966. The van der Waals surface area contributed by atoms with E-state index in [1.54, 1.807) is 7.11 Å². The number of benzene rings is 1. The van der Waals surface area contributed by atoms with Gasteiger partial charge in [0.2, 0.25) is 0 Å². The van der Waals surface area contributed by atoms with Crippen LogP contribution in [0.5, 0.6) is 5.75 Å². The number of hydrogen-bond acceptors (Lipinski definition) is 4. The van der Waals surface area contributed by atoms with E-state index in [0.29, 0.717) is 19.4 Å². The first kappa shape index (κ1) is 13.7. The van der Waals surface area contributed by atoms with Crippen molar-refractivity contribution in [3.05, 3.63) is 24.0 Å². The van der Waals surface area contributed by atoms with Crippen molar-refractivity contribution < 1.29 is 14.6 Å². The Morgan fingerprint density at radius 1 is 1.57 bits per heavy atom. The van der Waals surface area contributed by atoms with Gasteiger partial charge < -0.3 is 20.6 Å². The van der Waals surface area contributed by atoms with Crippen LogP contribution in [0.1, 0.15) is 24.6 Å². The zero-order chi connectivity index (χ0) is 15.0. The summed E-state index contributed by atoms with van der Waals surface area (Å²) in [5, 5.41) is 9.05. The monoisotopic (exact) mass is 290 g/mol. The molecule has 1 aliphatic rings. The molecule has 3 rings (SSSR count). The molecule has 1 aliphatic heterocycles. The van der Waals surface area contributed by atoms with E-state index in [1.807, 2.05) is 18.2 Å². The molecule has 0 radical (unpaired) electrons. The second-order valence-electron chi connectivity index (χ2n) is 5.24. The number of aromatic nitrogens is 2. The summed E-state index contributed by atoms with van der Waals surface area (Å²) in [7, 11) is 1.62. The van der Waals surface area contributed by atoms with Crippen molar-refractivity contribution in [2.45, 2.75) is 24.9 Å². The lowest BCUT2D eigenvalue weighted by Crippen LogP contribution is -2.50. The lowest BCUT2D eigenvalue weighted by atomic mass is 9.94. The lowest BCUT2D eigenvalue weighted by Gasteiger charge is -2.34. The quantitative estimate of drug-likeness (QED) is 0.781. The van der Waals surface area contributed by atoms with Gasteiger partial charge in [0.1, 0.15) is 17.1 Å². The molecule has 1 fully saturated rings. The van der Waals surface area contributed by atoms with E-state index in [-0.39, 0.29) is 5.92 Å². The third-order valence-corrected chi connectivity index (χ3v) is 3.99. The third-order valence-electron chi connectivity index (χ3n) is 3.99. The summed E-state index contributed by atoms with van der Waals surface area (Å²) in [6.07, 6.45) is -0.181. The normalized spacial score (nSPS) is 22.5. The number of imidazole rings is 1. The van der Waals surface area contributed by atoms with Crippen LogP contribution in [-0.4, -0.2) is 45.9 Å². The molecule has 0 spiro atoms. The van der Waals surface area contributed by atoms with Crippen LogP contribution in [0.15, 0.2) is 18.2 Å². The molecule has 1 amide bonds. The van der Waals surface area contributed by atoms with Gasteiger partial charge in [-0.1, -0.05) is 6.07 Å². The lowest BCUT2D eigenvalue weighted by molar-refractivity contribution is 0.102. The highest BCUT2D eigenvalue weighted by atomic mass is 16.5. The van der Waals surface area contributed by atoms with Crippen LogP contribution in [0.3, 0.4) is 0 Å². The third kappa shape index (κ3) is 2.40. The van der Waals surface area contributed by atoms with Gasteiger partial charge in [0, 0.05) is 12.5 Å². The van der Waals surface area contributed by atoms with E-state index in [2.05, 4.69) is 9.97 Å². The summed E-state index contributed by atoms with van der Waals surface area (Å²) in [5.74, 6) is 1.70. The van der Waals surface area contributed by atoms with Gasteiger partial charge in [0.15, 0.2) is 0 Å². The van der Waals surface area contributed by atoms with Gasteiger partial charge in [-0.15, -0.1) is 0 Å². The number of carbonyl (C=O) groups is 1. The Morgan fingerprint density at radius 3 is 3.05 bits per heavy atom. The Morgan fingerprint density at radius 2 is 2.38 bits per heavy atom. The molecule has 7 nitrogen and oxygen atoms in total. The molecule has 2 unspecified atom stereocenters. The summed E-state index contributed by atoms with van der Waals surface area (Å²) in [6, 6.07) is 5.72. The molecule has 4 N–H and O–H groups in total. The van der Waals surface area contributed by atoms with Gasteiger partial charge in [0.25, 0.3) is 0 Å². The van der Waals surface area contributed by atoms with Crippen LogP contribution in [0.25, 0.3) is 11.0 Å². The largest absolute Gasteiger partial charge is 0.494 e. The van der Waals surface area contributed by atoms with E-state index >= 15 is 0 Å². The molecule has 2 atom stereocenters. The van der Waals surface area contributed by atoms with Crippen LogP contribution in [-0.2, 0) is 0 Å². The summed E-state index contributed by atoms with van der Waals surface area (Å²) < 4.78 is 5.30. The fraction of sp³-hybridized carbons (Fsp3) is 0.429. The number of rotatable bonds is 2. The fourth-order valence-corrected chi connectivity index (χ4v) is 2.87. The van der Waals surface area contributed by atoms with Gasteiger partial charge in [0.05, 0.1) is 18.8 Å². The maximum atomic E-state index is 11.0. The van der Waals surface area contributed by atoms with Gasteiger partial charge in [-0.3, -0.25) is 4.90 Å². The molecule has 21 heavy (non-hydrogen) atoms. The molecule has 2 heterocycles. The molecular formula is C14H18N4O3. The standard InChI is InChI=1S/C14H18N4O3/c1-21-10-4-2-3-9-12(10)17-13(16-9)8-5-6-18(14(19)20)11(15)7-8/h2-4,8,11H,5-7,15H2,1H3,(H,16,17)(H,19,20). The molecular weight excluding hydrogens is 272 g/mol. The van der Waals surface area contributed by atoms with Crippen molar-refractivity contribution in [1.29, 1.82) is 0 Å². The first-order chi connectivity index (χ1) is 10.1. The number of methoxy groups -OCH3 is 1. The molecule has 0 aliphatic carbocycles. The Hall–Kier alpha value is -2.28. The van der Waals surface area contributed by atoms with E-state index in [0.717, 1.165) is 22.6 Å². The van der Waals surface area contributed by atoms with Crippen molar-refractivity contribution in [1.82, 2.24) is 14.9 Å². The Labute approximate surface area is 121 Å². The van der Waals surface area contributed by atoms with Gasteiger partial charge in [-0.25, -0.2) is 9.78 Å². The number of amides is 1. The number of likely N-dealkylation sites (tertiary alicyclic amines) is 1. The van der Waals surface area contributed by atoms with Gasteiger partial charge >= 0.3 is 6.09 Å². The average molecular weight is 290 g/mol. The Balaban J connectivity index is 1.87. The number of piperidine rings is 1. The molecule has 7 heteroatoms. The fourth-order valence-electron chi connectivity index (χ4n) is 2.87. The van der Waals surface area contributed by atoms with Crippen LogP contribution >= 0.6 is 0 Å². The minimum absolute atomic E-state index is 0.132. The van der Waals surface area contributed by atoms with Crippen molar-refractivity contribution in [2.24, 2.45) is 5.73 Å². The highest BCUT2D eigenvalue weighted by Crippen LogP contribution is 2.31. The van der Waals surface area contributed by atoms with Gasteiger partial charge in [-0.05, 0) is 25.0 Å². The van der Waals surface area contributed by atoms with E-state index in [1.165, 1.54) is 4.90 Å². The number of carboxylic acid groups (broad SMARTS) is 1. The number of fused-ring (bicyclic) bond motifs is 1. The number of ether oxygens (including phenoxy) is 1. The highest BCUT2D eigenvalue weighted by molar-refractivity contribution is 5.81. The summed E-state index contributed by atoms with van der Waals surface area (Å²) in [5.41, 5.74) is 7.65. The summed E-state index contributed by atoms with van der Waals surface area (Å²) in [6.45, 7) is 0.426. The van der Waals surface area contributed by atoms with Crippen LogP contribution in [0.4, 0.5) is 4.79 Å². The number of hydrogen-bond donors (Lipinski definition) is 3. The van der Waals surface area contributed by atoms with Crippen molar-refractivity contribution in [3.63, 3.8) is 0 Å². The van der Waals surface area contributed by atoms with Crippen molar-refractivity contribution in [3.8, 4) is 5.75 Å². The first-order valence-electron chi connectivity index (χ1n) is 6.88. The molecule has 2 aromatic rings. The van der Waals surface area contributed by atoms with E-state index in [4.69, 9.17) is 15.6 Å². The smallest absolute Gasteiger partial charge is 0.408 e. The number of nitrogens with two attached hydrogens (primary N) is 1. The number of para-hydroxylation sites is 1. The summed E-state index contributed by atoms with van der Waals surface area (Å²) in [4.78, 5) is 20.2. The zero-order valence-corrected chi connectivity index (χ0v) is 11.7. The first-order valence-corrected chi connectivity index (χ1v) is 6.88. The Kier molecular flexibility index (Phi) is 3.42. The molecule has 0 bridgehead atoms. The SMILES string of the molecule is COc1cccc2[nH]c(C3CCN(C(=O)O)C(N)C3)nc12. The summed E-state index contributed by atoms with van der Waals surface area (Å²) >= 11 is 0. The number of nitrogens with one attached hydrogen (secondary N) is 1. The predicted molar refractivity (Wildman–Crippen MR) is 77.3 cm³/mol. The van der Waals surface area contributed by atoms with Crippen molar-refractivity contribution in [2.75, 3.05) is 13.7 Å². The van der Waals surface area contributed by atoms with E-state index in [9.17, 15) is 4.79 Å². The molecule has 112 valence electrons. The minimum Gasteiger partial charge on any atom is -0.494 e. The van der Waals surface area contributed by atoms with E-state index < -0.39 is 12.3 Å². The zero-order valence-electron chi connectivity index (χ0n) is 11.7. The second-order valence-corrected chi connectivity index (χ2v) is 5.24. The van der Waals surface area contributed by atoms with Crippen LogP contribution in [0.2, 0.25) is 0 Å². The highest BCUT2D eigenvalue weighted by Gasteiger charge is 2.31. The average Bonchev–Trinajstić information content (AvgIpc) is 2.90. The van der Waals surface area contributed by atoms with Crippen LogP contribution < -0.4 is 10.5 Å². The number of aromatic amines is 1. The van der Waals surface area contributed by atoms with Gasteiger partial charge in [-0.2, -0.15) is 0 Å². The molecule has 1 aromatic heterocycles. The molecule has 1 aromatic carbocycles. The maximum Gasteiger partial charge on any atom is 0.408 e. The van der Waals surface area contributed by atoms with Crippen LogP contribution in [0, 0.1) is 0 Å². The molecule has 0 saturated carbocycles. The topological polar surface area (TPSA) is 104 Å². The molecule has 1 saturated heterocycles.